The molecule has 1 saturated carbocycles. The van der Waals surface area contributed by atoms with Crippen LogP contribution in [0.4, 0.5) is 5.69 Å². The van der Waals surface area contributed by atoms with Gasteiger partial charge in [0.25, 0.3) is 0 Å². The maximum absolute atomic E-state index is 12.4. The quantitative estimate of drug-likeness (QED) is 0.774. The standard InChI is InChI=1S/C21H29N3O2/c1-16(2)23-11-13-24(14-12-23)19-9-7-17(8-10-19)21(25)26-20-6-4-3-5-18(20)15-22/h7-10,16,18,20H,3-6,11-14H2,1-2H3/t18-,20+/m0/s1. The summed E-state index contributed by atoms with van der Waals surface area (Å²) in [6, 6.07) is 10.6. The first-order valence-electron chi connectivity index (χ1n) is 9.78. The Hall–Kier alpha value is -2.06. The van der Waals surface area contributed by atoms with Gasteiger partial charge in [-0.05, 0) is 57.4 Å². The molecule has 0 unspecified atom stereocenters. The minimum atomic E-state index is -0.312. The molecule has 1 aromatic rings. The van der Waals surface area contributed by atoms with Gasteiger partial charge in [0.1, 0.15) is 6.10 Å². The van der Waals surface area contributed by atoms with E-state index in [1.54, 1.807) is 0 Å². The molecule has 26 heavy (non-hydrogen) atoms. The molecule has 140 valence electrons. The number of carbonyl (C=O) groups excluding carboxylic acids is 1. The van der Waals surface area contributed by atoms with Crippen molar-refractivity contribution in [2.45, 2.75) is 51.7 Å². The van der Waals surface area contributed by atoms with Crippen LogP contribution < -0.4 is 4.90 Å². The van der Waals surface area contributed by atoms with Crippen LogP contribution in [0.5, 0.6) is 0 Å². The number of ether oxygens (including phenoxy) is 1. The van der Waals surface area contributed by atoms with Gasteiger partial charge in [-0.25, -0.2) is 4.79 Å². The van der Waals surface area contributed by atoms with Crippen molar-refractivity contribution in [3.63, 3.8) is 0 Å². The van der Waals surface area contributed by atoms with Crippen molar-refractivity contribution in [3.8, 4) is 6.07 Å². The molecule has 2 fully saturated rings. The Balaban J connectivity index is 1.57. The molecule has 0 spiro atoms. The zero-order valence-corrected chi connectivity index (χ0v) is 15.9. The highest BCUT2D eigenvalue weighted by Gasteiger charge is 2.28. The Morgan fingerprint density at radius 2 is 1.77 bits per heavy atom. The van der Waals surface area contributed by atoms with Crippen molar-refractivity contribution < 1.29 is 9.53 Å². The van der Waals surface area contributed by atoms with Crippen molar-refractivity contribution in [2.24, 2.45) is 5.92 Å². The van der Waals surface area contributed by atoms with Crippen LogP contribution in [0.1, 0.15) is 49.9 Å². The van der Waals surface area contributed by atoms with Gasteiger partial charge in [-0.1, -0.05) is 6.42 Å². The number of nitriles is 1. The van der Waals surface area contributed by atoms with Crippen LogP contribution in [-0.4, -0.2) is 49.2 Å². The number of hydrogen-bond acceptors (Lipinski definition) is 5. The van der Waals surface area contributed by atoms with Gasteiger partial charge < -0.3 is 9.64 Å². The fourth-order valence-corrected chi connectivity index (χ4v) is 3.90. The number of benzene rings is 1. The zero-order valence-electron chi connectivity index (χ0n) is 15.9. The lowest BCUT2D eigenvalue weighted by atomic mass is 9.87. The van der Waals surface area contributed by atoms with E-state index >= 15 is 0 Å². The minimum absolute atomic E-state index is 0.163. The van der Waals surface area contributed by atoms with Gasteiger partial charge in [-0.2, -0.15) is 5.26 Å². The zero-order chi connectivity index (χ0) is 18.5. The van der Waals surface area contributed by atoms with Crippen molar-refractivity contribution in [2.75, 3.05) is 31.1 Å². The average Bonchev–Trinajstić information content (AvgIpc) is 2.68. The molecule has 1 aliphatic heterocycles. The Bertz CT molecular complexity index is 642. The molecule has 0 bridgehead atoms. The first-order valence-corrected chi connectivity index (χ1v) is 9.78. The highest BCUT2D eigenvalue weighted by molar-refractivity contribution is 5.90. The third kappa shape index (κ3) is 4.37. The molecule has 1 heterocycles. The Morgan fingerprint density at radius 1 is 1.12 bits per heavy atom. The molecule has 1 aromatic carbocycles. The van der Waals surface area contributed by atoms with Gasteiger partial charge in [0.05, 0.1) is 17.6 Å². The summed E-state index contributed by atoms with van der Waals surface area (Å²) in [5.41, 5.74) is 1.72. The molecule has 0 amide bonds. The molecule has 0 N–H and O–H groups in total. The minimum Gasteiger partial charge on any atom is -0.457 e. The second kappa shape index (κ2) is 8.55. The Morgan fingerprint density at radius 3 is 2.38 bits per heavy atom. The lowest BCUT2D eigenvalue weighted by Gasteiger charge is -2.38. The number of esters is 1. The second-order valence-electron chi connectivity index (χ2n) is 7.63. The number of hydrogen-bond donors (Lipinski definition) is 0. The largest absolute Gasteiger partial charge is 0.457 e. The van der Waals surface area contributed by atoms with E-state index in [0.717, 1.165) is 57.5 Å². The molecule has 1 aliphatic carbocycles. The van der Waals surface area contributed by atoms with Crippen LogP contribution in [-0.2, 0) is 4.74 Å². The van der Waals surface area contributed by atoms with Crippen LogP contribution in [0.2, 0.25) is 0 Å². The van der Waals surface area contributed by atoms with Crippen molar-refractivity contribution in [1.29, 1.82) is 5.26 Å². The summed E-state index contributed by atoms with van der Waals surface area (Å²) in [5, 5.41) is 9.23. The maximum atomic E-state index is 12.4. The van der Waals surface area contributed by atoms with Crippen LogP contribution in [0.3, 0.4) is 0 Å². The summed E-state index contributed by atoms with van der Waals surface area (Å²) in [6.45, 7) is 8.62. The van der Waals surface area contributed by atoms with Gasteiger partial charge in [-0.15, -0.1) is 0 Å². The average molecular weight is 355 g/mol. The third-order valence-corrected chi connectivity index (χ3v) is 5.64. The van der Waals surface area contributed by atoms with E-state index in [1.807, 2.05) is 24.3 Å². The smallest absolute Gasteiger partial charge is 0.338 e. The van der Waals surface area contributed by atoms with E-state index in [9.17, 15) is 10.1 Å². The van der Waals surface area contributed by atoms with Crippen molar-refractivity contribution >= 4 is 11.7 Å². The molecule has 3 rings (SSSR count). The van der Waals surface area contributed by atoms with E-state index in [2.05, 4.69) is 29.7 Å². The molecule has 0 radical (unpaired) electrons. The molecule has 2 atom stereocenters. The summed E-state index contributed by atoms with van der Waals surface area (Å²) >= 11 is 0. The first-order chi connectivity index (χ1) is 12.6. The van der Waals surface area contributed by atoms with E-state index in [-0.39, 0.29) is 18.0 Å². The SMILES string of the molecule is CC(C)N1CCN(c2ccc(C(=O)O[C@@H]3CCCC[C@H]3C#N)cc2)CC1. The van der Waals surface area contributed by atoms with Crippen LogP contribution in [0.15, 0.2) is 24.3 Å². The molecule has 1 saturated heterocycles. The molecule has 5 heteroatoms. The summed E-state index contributed by atoms with van der Waals surface area (Å²) in [7, 11) is 0. The first kappa shape index (κ1) is 18.7. The normalized spacial score (nSPS) is 24.3. The molecular formula is C21H29N3O2. The highest BCUT2D eigenvalue weighted by atomic mass is 16.5. The topological polar surface area (TPSA) is 56.6 Å². The van der Waals surface area contributed by atoms with Crippen molar-refractivity contribution in [3.05, 3.63) is 29.8 Å². The van der Waals surface area contributed by atoms with Crippen LogP contribution in [0.25, 0.3) is 0 Å². The van der Waals surface area contributed by atoms with Gasteiger partial charge in [0, 0.05) is 37.9 Å². The molecule has 5 nitrogen and oxygen atoms in total. The Kier molecular flexibility index (Phi) is 6.16. The lowest BCUT2D eigenvalue weighted by Crippen LogP contribution is -2.48. The number of carbonyl (C=O) groups is 1. The summed E-state index contributed by atoms with van der Waals surface area (Å²) in [6.07, 6.45) is 3.44. The monoisotopic (exact) mass is 355 g/mol. The van der Waals surface area contributed by atoms with Gasteiger partial charge >= 0.3 is 5.97 Å². The fourth-order valence-electron chi connectivity index (χ4n) is 3.90. The third-order valence-electron chi connectivity index (χ3n) is 5.64. The summed E-state index contributed by atoms with van der Waals surface area (Å²) in [5.74, 6) is -0.474. The second-order valence-corrected chi connectivity index (χ2v) is 7.63. The fraction of sp³-hybridized carbons (Fsp3) is 0.619. The predicted molar refractivity (Wildman–Crippen MR) is 102 cm³/mol. The number of rotatable bonds is 4. The van der Waals surface area contributed by atoms with Crippen molar-refractivity contribution in [1.82, 2.24) is 4.90 Å². The predicted octanol–water partition coefficient (Wildman–Crippen LogP) is 3.46. The number of piperazine rings is 1. The van der Waals surface area contributed by atoms with E-state index in [1.165, 1.54) is 0 Å². The highest BCUT2D eigenvalue weighted by Crippen LogP contribution is 2.27. The number of anilines is 1. The maximum Gasteiger partial charge on any atom is 0.338 e. The van der Waals surface area contributed by atoms with Gasteiger partial charge in [0.15, 0.2) is 0 Å². The molecule has 0 aromatic heterocycles. The van der Waals surface area contributed by atoms with E-state index in [4.69, 9.17) is 4.74 Å². The summed E-state index contributed by atoms with van der Waals surface area (Å²) in [4.78, 5) is 17.3. The van der Waals surface area contributed by atoms with Gasteiger partial charge in [0.2, 0.25) is 0 Å². The lowest BCUT2D eigenvalue weighted by molar-refractivity contribution is 0.0107. The molecule has 2 aliphatic rings. The molecular weight excluding hydrogens is 326 g/mol. The number of nitrogens with zero attached hydrogens (tertiary/aromatic N) is 3. The van der Waals surface area contributed by atoms with Crippen LogP contribution >= 0.6 is 0 Å². The Labute approximate surface area is 156 Å². The van der Waals surface area contributed by atoms with E-state index in [0.29, 0.717) is 11.6 Å². The van der Waals surface area contributed by atoms with Crippen LogP contribution in [0, 0.1) is 17.2 Å². The summed E-state index contributed by atoms with van der Waals surface area (Å²) < 4.78 is 5.62. The van der Waals surface area contributed by atoms with E-state index < -0.39 is 0 Å². The van der Waals surface area contributed by atoms with Gasteiger partial charge in [-0.3, -0.25) is 4.90 Å².